The summed E-state index contributed by atoms with van der Waals surface area (Å²) >= 11 is 6.13. The summed E-state index contributed by atoms with van der Waals surface area (Å²) < 4.78 is 0. The first-order valence-corrected chi connectivity index (χ1v) is 8.60. The molecular formula is C18H21ClN4O. The van der Waals surface area contributed by atoms with Gasteiger partial charge >= 0.3 is 0 Å². The normalized spacial score (nSPS) is 15.3. The lowest BCUT2D eigenvalue weighted by Crippen LogP contribution is -2.38. The molecule has 1 aliphatic heterocycles. The molecule has 24 heavy (non-hydrogen) atoms. The first kappa shape index (κ1) is 16.7. The molecule has 0 saturated carbocycles. The van der Waals surface area contributed by atoms with Gasteiger partial charge < -0.3 is 10.2 Å². The summed E-state index contributed by atoms with van der Waals surface area (Å²) in [6, 6.07) is 7.65. The van der Waals surface area contributed by atoms with Crippen molar-refractivity contribution in [3.63, 3.8) is 0 Å². The van der Waals surface area contributed by atoms with Crippen molar-refractivity contribution in [1.29, 1.82) is 0 Å². The number of carbonyl (C=O) groups excluding carboxylic acids is 1. The van der Waals surface area contributed by atoms with E-state index in [0.717, 1.165) is 31.5 Å². The Morgan fingerprint density at radius 3 is 2.67 bits per heavy atom. The average Bonchev–Trinajstić information content (AvgIpc) is 2.62. The second kappa shape index (κ2) is 7.62. The summed E-state index contributed by atoms with van der Waals surface area (Å²) in [6.07, 6.45) is 5.24. The van der Waals surface area contributed by atoms with Crippen LogP contribution in [0.5, 0.6) is 0 Å². The maximum absolute atomic E-state index is 12.4. The first-order valence-electron chi connectivity index (χ1n) is 8.22. The highest BCUT2D eigenvalue weighted by Crippen LogP contribution is 2.18. The van der Waals surface area contributed by atoms with Gasteiger partial charge in [0, 0.05) is 24.7 Å². The highest BCUT2D eigenvalue weighted by molar-refractivity contribution is 6.31. The lowest BCUT2D eigenvalue weighted by Gasteiger charge is -2.29. The zero-order chi connectivity index (χ0) is 16.9. The molecule has 1 saturated heterocycles. The van der Waals surface area contributed by atoms with E-state index in [1.54, 1.807) is 6.20 Å². The topological polar surface area (TPSA) is 58.1 Å². The first-order chi connectivity index (χ1) is 11.6. The number of nitrogens with one attached hydrogen (secondary N) is 1. The molecular weight excluding hydrogens is 324 g/mol. The number of carbonyl (C=O) groups is 1. The summed E-state index contributed by atoms with van der Waals surface area (Å²) in [6.45, 7) is 4.38. The van der Waals surface area contributed by atoms with E-state index in [9.17, 15) is 4.79 Å². The Hall–Kier alpha value is -2.14. The molecule has 1 fully saturated rings. The van der Waals surface area contributed by atoms with Crippen LogP contribution in [0.4, 0.5) is 5.82 Å². The molecule has 0 unspecified atom stereocenters. The molecule has 2 heterocycles. The molecule has 126 valence electrons. The highest BCUT2D eigenvalue weighted by Gasteiger charge is 2.22. The Morgan fingerprint density at radius 2 is 2.00 bits per heavy atom. The van der Waals surface area contributed by atoms with Crippen molar-refractivity contribution in [2.75, 3.05) is 18.4 Å². The molecule has 0 bridgehead atoms. The second-order valence-corrected chi connectivity index (χ2v) is 6.61. The van der Waals surface area contributed by atoms with Crippen LogP contribution in [-0.4, -0.2) is 33.9 Å². The molecule has 1 amide bonds. The molecule has 0 spiro atoms. The van der Waals surface area contributed by atoms with Crippen molar-refractivity contribution < 1.29 is 4.79 Å². The van der Waals surface area contributed by atoms with E-state index in [-0.39, 0.29) is 5.91 Å². The summed E-state index contributed by atoms with van der Waals surface area (Å²) in [5.41, 5.74) is 1.39. The summed E-state index contributed by atoms with van der Waals surface area (Å²) in [7, 11) is 0. The molecule has 2 aromatic rings. The molecule has 1 aliphatic rings. The van der Waals surface area contributed by atoms with Crippen LogP contribution in [0, 0.1) is 5.92 Å². The quantitative estimate of drug-likeness (QED) is 0.920. The molecule has 3 rings (SSSR count). The van der Waals surface area contributed by atoms with Gasteiger partial charge in [0.05, 0.1) is 12.4 Å². The van der Waals surface area contributed by atoms with Gasteiger partial charge in [0.25, 0.3) is 5.91 Å². The lowest BCUT2D eigenvalue weighted by molar-refractivity contribution is 0.0691. The van der Waals surface area contributed by atoms with Crippen LogP contribution in [0.25, 0.3) is 0 Å². The fourth-order valence-electron chi connectivity index (χ4n) is 2.73. The fourth-order valence-corrected chi connectivity index (χ4v) is 2.93. The standard InChI is InChI=1S/C18H21ClN4O/c1-13-6-8-23(9-7-13)18(24)16-11-22-17(12-20-16)21-10-14-4-2-3-5-15(14)19/h2-5,11-13H,6-10H2,1H3,(H,21,22). The van der Waals surface area contributed by atoms with Crippen LogP contribution in [0.15, 0.2) is 36.7 Å². The number of aromatic nitrogens is 2. The van der Waals surface area contributed by atoms with E-state index in [1.807, 2.05) is 29.2 Å². The Bertz CT molecular complexity index is 696. The minimum atomic E-state index is -0.0351. The van der Waals surface area contributed by atoms with Gasteiger partial charge in [-0.1, -0.05) is 36.7 Å². The Morgan fingerprint density at radius 1 is 1.25 bits per heavy atom. The summed E-state index contributed by atoms with van der Waals surface area (Å²) in [4.78, 5) is 22.8. The van der Waals surface area contributed by atoms with Gasteiger partial charge in [-0.15, -0.1) is 0 Å². The summed E-state index contributed by atoms with van der Waals surface area (Å²) in [5, 5.41) is 3.88. The number of piperidine rings is 1. The van der Waals surface area contributed by atoms with Crippen molar-refractivity contribution in [2.45, 2.75) is 26.3 Å². The maximum atomic E-state index is 12.4. The van der Waals surface area contributed by atoms with Crippen molar-refractivity contribution in [3.8, 4) is 0 Å². The Labute approximate surface area is 147 Å². The SMILES string of the molecule is CC1CCN(C(=O)c2cnc(NCc3ccccc3Cl)cn2)CC1. The van der Waals surface area contributed by atoms with Crippen molar-refractivity contribution in [3.05, 3.63) is 52.9 Å². The van der Waals surface area contributed by atoms with Gasteiger partial charge in [-0.05, 0) is 30.4 Å². The number of halogens is 1. The zero-order valence-electron chi connectivity index (χ0n) is 13.7. The van der Waals surface area contributed by atoms with Gasteiger partial charge in [0.1, 0.15) is 11.5 Å². The van der Waals surface area contributed by atoms with Crippen LogP contribution >= 0.6 is 11.6 Å². The molecule has 1 N–H and O–H groups in total. The van der Waals surface area contributed by atoms with Gasteiger partial charge in [-0.25, -0.2) is 9.97 Å². The maximum Gasteiger partial charge on any atom is 0.274 e. The minimum Gasteiger partial charge on any atom is -0.365 e. The predicted octanol–water partition coefficient (Wildman–Crippen LogP) is 3.61. The van der Waals surface area contributed by atoms with E-state index in [0.29, 0.717) is 29.0 Å². The molecule has 1 aromatic heterocycles. The van der Waals surface area contributed by atoms with Crippen LogP contribution in [0.2, 0.25) is 5.02 Å². The van der Waals surface area contributed by atoms with Crippen molar-refractivity contribution in [2.24, 2.45) is 5.92 Å². The molecule has 6 heteroatoms. The largest absolute Gasteiger partial charge is 0.365 e. The Balaban J connectivity index is 1.59. The van der Waals surface area contributed by atoms with Gasteiger partial charge in [0.2, 0.25) is 0 Å². The number of amides is 1. The van der Waals surface area contributed by atoms with Gasteiger partial charge in [-0.3, -0.25) is 4.79 Å². The van der Waals surface area contributed by atoms with Crippen LogP contribution in [0.3, 0.4) is 0 Å². The van der Waals surface area contributed by atoms with Crippen LogP contribution in [-0.2, 0) is 6.54 Å². The van der Waals surface area contributed by atoms with Crippen LogP contribution < -0.4 is 5.32 Å². The monoisotopic (exact) mass is 344 g/mol. The lowest BCUT2D eigenvalue weighted by atomic mass is 9.99. The number of likely N-dealkylation sites (tertiary alicyclic amines) is 1. The summed E-state index contributed by atoms with van der Waals surface area (Å²) in [5.74, 6) is 1.28. The van der Waals surface area contributed by atoms with E-state index in [4.69, 9.17) is 11.6 Å². The van der Waals surface area contributed by atoms with Crippen LogP contribution in [0.1, 0.15) is 35.8 Å². The third-order valence-electron chi connectivity index (χ3n) is 4.36. The van der Waals surface area contributed by atoms with E-state index in [1.165, 1.54) is 6.20 Å². The highest BCUT2D eigenvalue weighted by atomic mass is 35.5. The molecule has 1 aromatic carbocycles. The molecule has 0 atom stereocenters. The van der Waals surface area contributed by atoms with Gasteiger partial charge in [-0.2, -0.15) is 0 Å². The smallest absolute Gasteiger partial charge is 0.274 e. The van der Waals surface area contributed by atoms with Crippen molar-refractivity contribution in [1.82, 2.24) is 14.9 Å². The van der Waals surface area contributed by atoms with Gasteiger partial charge in [0.15, 0.2) is 0 Å². The van der Waals surface area contributed by atoms with E-state index < -0.39 is 0 Å². The zero-order valence-corrected chi connectivity index (χ0v) is 14.5. The number of rotatable bonds is 4. The second-order valence-electron chi connectivity index (χ2n) is 6.21. The third kappa shape index (κ3) is 4.03. The van der Waals surface area contributed by atoms with E-state index in [2.05, 4.69) is 22.2 Å². The number of benzene rings is 1. The number of nitrogens with zero attached hydrogens (tertiary/aromatic N) is 3. The molecule has 5 nitrogen and oxygen atoms in total. The van der Waals surface area contributed by atoms with Crippen molar-refractivity contribution >= 4 is 23.3 Å². The predicted molar refractivity (Wildman–Crippen MR) is 95.1 cm³/mol. The third-order valence-corrected chi connectivity index (χ3v) is 4.73. The number of hydrogen-bond acceptors (Lipinski definition) is 4. The molecule has 0 aliphatic carbocycles. The molecule has 0 radical (unpaired) electrons. The number of anilines is 1. The number of hydrogen-bond donors (Lipinski definition) is 1. The minimum absolute atomic E-state index is 0.0351. The van der Waals surface area contributed by atoms with E-state index >= 15 is 0 Å². The Kier molecular flexibility index (Phi) is 5.30. The fraction of sp³-hybridized carbons (Fsp3) is 0.389. The average molecular weight is 345 g/mol.